The molecule has 0 spiro atoms. The highest BCUT2D eigenvalue weighted by Crippen LogP contribution is 2.48. The molecular formula is C11H13ClO2. The molecule has 1 saturated carbocycles. The lowest BCUT2D eigenvalue weighted by Gasteiger charge is -2.12. The lowest BCUT2D eigenvalue weighted by molar-refractivity contribution is 0.210. The predicted octanol–water partition coefficient (Wildman–Crippen LogP) is 2.36. The minimum atomic E-state index is 0.0330. The van der Waals surface area contributed by atoms with Crippen LogP contribution in [-0.4, -0.2) is 16.8 Å². The summed E-state index contributed by atoms with van der Waals surface area (Å²) in [6.07, 6.45) is 2.84. The molecule has 2 N–H and O–H groups in total. The van der Waals surface area contributed by atoms with Crippen molar-refractivity contribution < 1.29 is 10.2 Å². The van der Waals surface area contributed by atoms with Crippen molar-refractivity contribution in [2.24, 2.45) is 5.41 Å². The molecule has 2 rings (SSSR count). The molecule has 0 bridgehead atoms. The number of rotatable bonds is 3. The van der Waals surface area contributed by atoms with Crippen LogP contribution in [0, 0.1) is 5.41 Å². The van der Waals surface area contributed by atoms with E-state index in [-0.39, 0.29) is 17.8 Å². The summed E-state index contributed by atoms with van der Waals surface area (Å²) in [6, 6.07) is 5.14. The van der Waals surface area contributed by atoms with Gasteiger partial charge in [0.15, 0.2) is 0 Å². The number of hydrogen-bond acceptors (Lipinski definition) is 2. The quantitative estimate of drug-likeness (QED) is 0.808. The van der Waals surface area contributed by atoms with Gasteiger partial charge in [0, 0.05) is 11.6 Å². The maximum Gasteiger partial charge on any atom is 0.120 e. The van der Waals surface area contributed by atoms with Crippen LogP contribution in [0.5, 0.6) is 5.75 Å². The maximum absolute atomic E-state index is 9.61. The van der Waals surface area contributed by atoms with E-state index in [1.807, 2.05) is 6.07 Å². The molecule has 0 atom stereocenters. The molecule has 2 nitrogen and oxygen atoms in total. The Morgan fingerprint density at radius 3 is 2.57 bits per heavy atom. The fourth-order valence-corrected chi connectivity index (χ4v) is 1.82. The topological polar surface area (TPSA) is 40.5 Å². The lowest BCUT2D eigenvalue weighted by atomic mass is 9.97. The van der Waals surface area contributed by atoms with Crippen molar-refractivity contribution in [1.82, 2.24) is 0 Å². The van der Waals surface area contributed by atoms with Crippen LogP contribution in [0.3, 0.4) is 0 Å². The lowest BCUT2D eigenvalue weighted by Crippen LogP contribution is -2.10. The van der Waals surface area contributed by atoms with Crippen molar-refractivity contribution in [1.29, 1.82) is 0 Å². The number of phenolic OH excluding ortho intramolecular Hbond substituents is 1. The van der Waals surface area contributed by atoms with E-state index in [0.29, 0.717) is 5.02 Å². The van der Waals surface area contributed by atoms with Crippen molar-refractivity contribution >= 4 is 11.6 Å². The van der Waals surface area contributed by atoms with Gasteiger partial charge in [0.2, 0.25) is 0 Å². The molecule has 76 valence electrons. The maximum atomic E-state index is 9.61. The van der Waals surface area contributed by atoms with Gasteiger partial charge >= 0.3 is 0 Å². The molecule has 14 heavy (non-hydrogen) atoms. The van der Waals surface area contributed by atoms with E-state index in [1.54, 1.807) is 12.1 Å². The molecule has 0 saturated heterocycles. The minimum absolute atomic E-state index is 0.0330. The minimum Gasteiger partial charge on any atom is -0.508 e. The largest absolute Gasteiger partial charge is 0.508 e. The standard InChI is InChI=1S/C11H13ClO2/c12-9-2-1-8(10(14)5-9)6-11(7-13)3-4-11/h1-2,5,13-14H,3-4,6-7H2. The Morgan fingerprint density at radius 1 is 1.36 bits per heavy atom. The van der Waals surface area contributed by atoms with Crippen LogP contribution in [-0.2, 0) is 6.42 Å². The summed E-state index contributed by atoms with van der Waals surface area (Å²) in [7, 11) is 0. The Kier molecular flexibility index (Phi) is 2.41. The fourth-order valence-electron chi connectivity index (χ4n) is 1.66. The summed E-state index contributed by atoms with van der Waals surface area (Å²) in [5, 5.41) is 19.3. The zero-order valence-electron chi connectivity index (χ0n) is 7.83. The van der Waals surface area contributed by atoms with E-state index in [0.717, 1.165) is 24.8 Å². The highest BCUT2D eigenvalue weighted by Gasteiger charge is 2.42. The second kappa shape index (κ2) is 3.44. The van der Waals surface area contributed by atoms with Gasteiger partial charge in [-0.3, -0.25) is 0 Å². The van der Waals surface area contributed by atoms with E-state index in [2.05, 4.69) is 0 Å². The highest BCUT2D eigenvalue weighted by molar-refractivity contribution is 6.30. The first kappa shape index (κ1) is 9.81. The average molecular weight is 213 g/mol. The second-order valence-electron chi connectivity index (χ2n) is 4.11. The molecule has 1 aliphatic rings. The monoisotopic (exact) mass is 212 g/mol. The molecule has 0 heterocycles. The van der Waals surface area contributed by atoms with E-state index in [1.165, 1.54) is 0 Å². The number of halogens is 1. The summed E-state index contributed by atoms with van der Waals surface area (Å²) in [4.78, 5) is 0. The second-order valence-corrected chi connectivity index (χ2v) is 4.54. The van der Waals surface area contributed by atoms with Crippen molar-refractivity contribution in [2.75, 3.05) is 6.61 Å². The van der Waals surface area contributed by atoms with Crippen LogP contribution in [0.15, 0.2) is 18.2 Å². The summed E-state index contributed by atoms with van der Waals surface area (Å²) in [6.45, 7) is 0.203. The first-order valence-electron chi connectivity index (χ1n) is 4.73. The van der Waals surface area contributed by atoms with Crippen molar-refractivity contribution in [2.45, 2.75) is 19.3 Å². The normalized spacial score (nSPS) is 18.1. The van der Waals surface area contributed by atoms with Gasteiger partial charge in [0.1, 0.15) is 5.75 Å². The number of phenols is 1. The number of aliphatic hydroxyl groups is 1. The first-order chi connectivity index (χ1) is 6.65. The third-order valence-electron chi connectivity index (χ3n) is 2.91. The molecule has 0 amide bonds. The number of aromatic hydroxyl groups is 1. The van der Waals surface area contributed by atoms with E-state index >= 15 is 0 Å². The van der Waals surface area contributed by atoms with Gasteiger partial charge in [-0.15, -0.1) is 0 Å². The van der Waals surface area contributed by atoms with Gasteiger partial charge in [0.25, 0.3) is 0 Å². The highest BCUT2D eigenvalue weighted by atomic mass is 35.5. The van der Waals surface area contributed by atoms with Crippen LogP contribution < -0.4 is 0 Å². The van der Waals surface area contributed by atoms with E-state index < -0.39 is 0 Å². The Bertz CT molecular complexity index is 345. The third kappa shape index (κ3) is 1.86. The van der Waals surface area contributed by atoms with Gasteiger partial charge in [-0.1, -0.05) is 17.7 Å². The molecular weight excluding hydrogens is 200 g/mol. The molecule has 0 aromatic heterocycles. The Hall–Kier alpha value is -0.730. The summed E-state index contributed by atoms with van der Waals surface area (Å²) in [5.41, 5.74) is 0.909. The molecule has 1 fully saturated rings. The van der Waals surface area contributed by atoms with Crippen LogP contribution in [0.1, 0.15) is 18.4 Å². The predicted molar refractivity (Wildman–Crippen MR) is 55.6 cm³/mol. The zero-order chi connectivity index (χ0) is 10.2. The molecule has 1 aromatic rings. The molecule has 1 aliphatic carbocycles. The molecule has 3 heteroatoms. The Morgan fingerprint density at radius 2 is 2.07 bits per heavy atom. The number of benzene rings is 1. The van der Waals surface area contributed by atoms with Gasteiger partial charge in [0.05, 0.1) is 0 Å². The van der Waals surface area contributed by atoms with Crippen molar-refractivity contribution in [3.05, 3.63) is 28.8 Å². The van der Waals surface area contributed by atoms with Crippen LogP contribution in [0.2, 0.25) is 5.02 Å². The zero-order valence-corrected chi connectivity index (χ0v) is 8.59. The van der Waals surface area contributed by atoms with Gasteiger partial charge in [-0.05, 0) is 42.4 Å². The molecule has 0 radical (unpaired) electrons. The van der Waals surface area contributed by atoms with E-state index in [4.69, 9.17) is 16.7 Å². The van der Waals surface area contributed by atoms with E-state index in [9.17, 15) is 5.11 Å². The third-order valence-corrected chi connectivity index (χ3v) is 3.14. The van der Waals surface area contributed by atoms with Crippen molar-refractivity contribution in [3.8, 4) is 5.75 Å². The average Bonchev–Trinajstić information content (AvgIpc) is 2.91. The Balaban J connectivity index is 2.17. The van der Waals surface area contributed by atoms with Gasteiger partial charge < -0.3 is 10.2 Å². The Labute approximate surface area is 88.1 Å². The van der Waals surface area contributed by atoms with Crippen LogP contribution >= 0.6 is 11.6 Å². The summed E-state index contributed by atoms with van der Waals surface area (Å²) < 4.78 is 0. The summed E-state index contributed by atoms with van der Waals surface area (Å²) >= 11 is 5.73. The fraction of sp³-hybridized carbons (Fsp3) is 0.455. The molecule has 0 unspecified atom stereocenters. The SMILES string of the molecule is OCC1(Cc2ccc(Cl)cc2O)CC1. The number of aliphatic hydroxyl groups excluding tert-OH is 1. The van der Waals surface area contributed by atoms with Gasteiger partial charge in [-0.2, -0.15) is 0 Å². The van der Waals surface area contributed by atoms with Crippen LogP contribution in [0.25, 0.3) is 0 Å². The molecule has 1 aromatic carbocycles. The molecule has 0 aliphatic heterocycles. The van der Waals surface area contributed by atoms with Crippen LogP contribution in [0.4, 0.5) is 0 Å². The summed E-state index contributed by atoms with van der Waals surface area (Å²) in [5.74, 6) is 0.234. The smallest absolute Gasteiger partial charge is 0.120 e. The van der Waals surface area contributed by atoms with Gasteiger partial charge in [-0.25, -0.2) is 0 Å². The van der Waals surface area contributed by atoms with Crippen molar-refractivity contribution in [3.63, 3.8) is 0 Å². The number of hydrogen-bond donors (Lipinski definition) is 2. The first-order valence-corrected chi connectivity index (χ1v) is 5.11.